The molecule has 2 aromatic heterocycles. The molecule has 9 heteroatoms. The average molecular weight is 526 g/mol. The molecule has 0 bridgehead atoms. The van der Waals surface area contributed by atoms with Crippen molar-refractivity contribution in [1.82, 2.24) is 14.5 Å². The third kappa shape index (κ3) is 5.48. The number of rotatable bonds is 9. The Labute approximate surface area is 218 Å². The highest BCUT2D eigenvalue weighted by atomic mass is 32.2. The number of sulfone groups is 1. The van der Waals surface area contributed by atoms with E-state index >= 15 is 0 Å². The van der Waals surface area contributed by atoms with Crippen LogP contribution in [0.3, 0.4) is 0 Å². The minimum absolute atomic E-state index is 0.0656. The maximum Gasteiger partial charge on any atom is 0.277 e. The molecule has 37 heavy (non-hydrogen) atoms. The number of aromatic hydroxyl groups is 1. The van der Waals surface area contributed by atoms with Crippen LogP contribution in [0.5, 0.6) is 5.88 Å². The van der Waals surface area contributed by atoms with Crippen molar-refractivity contribution in [2.45, 2.75) is 75.1 Å². The van der Waals surface area contributed by atoms with Gasteiger partial charge in [0.1, 0.15) is 5.82 Å². The Hall–Kier alpha value is -3.04. The third-order valence-electron chi connectivity index (χ3n) is 7.21. The fourth-order valence-corrected chi connectivity index (χ4v) is 6.54. The summed E-state index contributed by atoms with van der Waals surface area (Å²) in [4.78, 5) is 21.6. The maximum absolute atomic E-state index is 13.9. The van der Waals surface area contributed by atoms with Gasteiger partial charge in [0.05, 0.1) is 4.90 Å². The predicted octanol–water partition coefficient (Wildman–Crippen LogP) is 4.87. The van der Waals surface area contributed by atoms with Gasteiger partial charge in [-0.25, -0.2) is 8.42 Å². The Morgan fingerprint density at radius 1 is 1.14 bits per heavy atom. The molecule has 3 heterocycles. The van der Waals surface area contributed by atoms with Crippen molar-refractivity contribution >= 4 is 9.84 Å². The van der Waals surface area contributed by atoms with Crippen LogP contribution in [-0.2, 0) is 21.0 Å². The lowest BCUT2D eigenvalue weighted by Crippen LogP contribution is -2.37. The van der Waals surface area contributed by atoms with Crippen molar-refractivity contribution in [3.05, 3.63) is 64.5 Å². The van der Waals surface area contributed by atoms with Gasteiger partial charge < -0.3 is 9.84 Å². The van der Waals surface area contributed by atoms with E-state index < -0.39 is 26.2 Å². The van der Waals surface area contributed by atoms with Crippen molar-refractivity contribution in [3.8, 4) is 17.0 Å². The smallest absolute Gasteiger partial charge is 0.277 e. The Kier molecular flexibility index (Phi) is 8.44. The predicted molar refractivity (Wildman–Crippen MR) is 142 cm³/mol. The first-order valence-electron chi connectivity index (χ1n) is 13.0. The van der Waals surface area contributed by atoms with Gasteiger partial charge in [-0.3, -0.25) is 14.3 Å². The van der Waals surface area contributed by atoms with Crippen molar-refractivity contribution in [3.63, 3.8) is 0 Å². The zero-order valence-electron chi connectivity index (χ0n) is 21.7. The molecule has 0 spiro atoms. The molecule has 3 aromatic rings. The van der Waals surface area contributed by atoms with Gasteiger partial charge >= 0.3 is 0 Å². The van der Waals surface area contributed by atoms with E-state index in [-0.39, 0.29) is 16.9 Å². The van der Waals surface area contributed by atoms with E-state index in [2.05, 4.69) is 9.97 Å². The fourth-order valence-electron chi connectivity index (χ4n) is 5.19. The zero-order chi connectivity index (χ0) is 26.6. The van der Waals surface area contributed by atoms with Gasteiger partial charge in [0.25, 0.3) is 5.56 Å². The molecule has 1 unspecified atom stereocenters. The summed E-state index contributed by atoms with van der Waals surface area (Å²) >= 11 is 0. The molecule has 1 aliphatic heterocycles. The molecule has 198 valence electrons. The number of unbranched alkanes of at least 4 members (excludes halogenated alkanes) is 1. The molecule has 0 aliphatic carbocycles. The quantitative estimate of drug-likeness (QED) is 0.424. The molecule has 0 radical (unpaired) electrons. The number of nitrogens with zero attached hydrogens (tertiary/aromatic N) is 3. The Morgan fingerprint density at radius 2 is 1.84 bits per heavy atom. The van der Waals surface area contributed by atoms with Crippen LogP contribution < -0.4 is 5.56 Å². The SMILES string of the molecule is CCCCc1nc(O)c(S(=O)(=O)c2ccc(-c3ccncc3C)cc2)c(=O)n1C(CC)C1CCOCC1. The molecule has 1 aliphatic rings. The highest BCUT2D eigenvalue weighted by Gasteiger charge is 2.33. The van der Waals surface area contributed by atoms with Gasteiger partial charge in [-0.2, -0.15) is 4.98 Å². The number of hydrogen-bond acceptors (Lipinski definition) is 7. The van der Waals surface area contributed by atoms with E-state index in [9.17, 15) is 18.3 Å². The number of ether oxygens (including phenoxy) is 1. The number of hydrogen-bond donors (Lipinski definition) is 1. The van der Waals surface area contributed by atoms with Gasteiger partial charge in [-0.1, -0.05) is 32.4 Å². The Bertz CT molecular complexity index is 1390. The first-order chi connectivity index (χ1) is 17.8. The van der Waals surface area contributed by atoms with Gasteiger partial charge in [-0.15, -0.1) is 0 Å². The summed E-state index contributed by atoms with van der Waals surface area (Å²) in [5.74, 6) is -0.130. The zero-order valence-corrected chi connectivity index (χ0v) is 22.5. The van der Waals surface area contributed by atoms with E-state index in [1.54, 1.807) is 29.1 Å². The second-order valence-corrected chi connectivity index (χ2v) is 11.5. The van der Waals surface area contributed by atoms with E-state index in [1.165, 1.54) is 12.1 Å². The molecule has 0 saturated carbocycles. The topological polar surface area (TPSA) is 111 Å². The van der Waals surface area contributed by atoms with Crippen LogP contribution in [0.4, 0.5) is 0 Å². The van der Waals surface area contributed by atoms with Crippen molar-refractivity contribution < 1.29 is 18.3 Å². The summed E-state index contributed by atoms with van der Waals surface area (Å²) in [7, 11) is -4.32. The summed E-state index contributed by atoms with van der Waals surface area (Å²) in [5.41, 5.74) is 2.03. The lowest BCUT2D eigenvalue weighted by molar-refractivity contribution is 0.0463. The van der Waals surface area contributed by atoms with Gasteiger partial charge in [-0.05, 0) is 73.4 Å². The molecular weight excluding hydrogens is 490 g/mol. The van der Waals surface area contributed by atoms with E-state index in [4.69, 9.17) is 4.74 Å². The number of aryl methyl sites for hydroxylation is 2. The summed E-state index contributed by atoms with van der Waals surface area (Å²) in [6.45, 7) is 7.19. The Balaban J connectivity index is 1.81. The van der Waals surface area contributed by atoms with Crippen LogP contribution in [0.15, 0.2) is 57.3 Å². The molecule has 1 N–H and O–H groups in total. The summed E-state index contributed by atoms with van der Waals surface area (Å²) in [5, 5.41) is 10.8. The molecular formula is C28H35N3O5S. The highest BCUT2D eigenvalue weighted by Crippen LogP contribution is 2.33. The van der Waals surface area contributed by atoms with Crippen LogP contribution in [0.25, 0.3) is 11.1 Å². The molecule has 1 aromatic carbocycles. The molecule has 1 atom stereocenters. The van der Waals surface area contributed by atoms with Gasteiger partial charge in [0.15, 0.2) is 4.90 Å². The number of pyridine rings is 1. The molecule has 0 amide bonds. The van der Waals surface area contributed by atoms with E-state index in [1.807, 2.05) is 26.8 Å². The molecule has 1 saturated heterocycles. The molecule has 4 rings (SSSR count). The maximum atomic E-state index is 13.9. The fraction of sp³-hybridized carbons (Fsp3) is 0.464. The average Bonchev–Trinajstić information content (AvgIpc) is 2.90. The second-order valence-electron chi connectivity index (χ2n) is 9.60. The van der Waals surface area contributed by atoms with Crippen molar-refractivity contribution in [2.24, 2.45) is 5.92 Å². The first-order valence-corrected chi connectivity index (χ1v) is 14.5. The van der Waals surface area contributed by atoms with Crippen LogP contribution in [0, 0.1) is 12.8 Å². The lowest BCUT2D eigenvalue weighted by Gasteiger charge is -2.32. The van der Waals surface area contributed by atoms with Crippen LogP contribution in [-0.4, -0.2) is 41.3 Å². The molecule has 1 fully saturated rings. The molecule has 8 nitrogen and oxygen atoms in total. The second kappa shape index (κ2) is 11.6. The largest absolute Gasteiger partial charge is 0.492 e. The normalized spacial score (nSPS) is 15.5. The third-order valence-corrected chi connectivity index (χ3v) is 9.00. The number of aromatic nitrogens is 3. The number of benzene rings is 1. The van der Waals surface area contributed by atoms with Gasteiger partial charge in [0.2, 0.25) is 15.7 Å². The van der Waals surface area contributed by atoms with Crippen LogP contribution >= 0.6 is 0 Å². The summed E-state index contributed by atoms with van der Waals surface area (Å²) < 4.78 is 34.5. The van der Waals surface area contributed by atoms with Crippen LogP contribution in [0.1, 0.15) is 63.4 Å². The first kappa shape index (κ1) is 27.0. The van der Waals surface area contributed by atoms with E-state index in [0.717, 1.165) is 42.4 Å². The van der Waals surface area contributed by atoms with Gasteiger partial charge in [0, 0.05) is 38.1 Å². The lowest BCUT2D eigenvalue weighted by atomic mass is 9.89. The van der Waals surface area contributed by atoms with E-state index in [0.29, 0.717) is 31.9 Å². The summed E-state index contributed by atoms with van der Waals surface area (Å²) in [6, 6.07) is 7.98. The minimum Gasteiger partial charge on any atom is -0.492 e. The monoisotopic (exact) mass is 525 g/mol. The van der Waals surface area contributed by atoms with Crippen molar-refractivity contribution in [1.29, 1.82) is 0 Å². The van der Waals surface area contributed by atoms with Crippen LogP contribution in [0.2, 0.25) is 0 Å². The minimum atomic E-state index is -4.32. The standard InChI is InChI=1S/C28H35N3O5S/c1-4-6-7-25-30-27(32)26(28(33)31(25)24(5-2)21-13-16-36-17-14-21)37(34,35)22-10-8-20(9-11-22)23-12-15-29-18-19(23)3/h8-12,15,18,21,24,32H,4-7,13-14,16-17H2,1-3H3. The van der Waals surface area contributed by atoms with Crippen molar-refractivity contribution in [2.75, 3.05) is 13.2 Å². The Morgan fingerprint density at radius 3 is 2.46 bits per heavy atom. The summed E-state index contributed by atoms with van der Waals surface area (Å²) in [6.07, 6.45) is 7.80. The highest BCUT2D eigenvalue weighted by molar-refractivity contribution is 7.91.